The van der Waals surface area contributed by atoms with Crippen molar-refractivity contribution in [1.82, 2.24) is 4.72 Å². The third-order valence-corrected chi connectivity index (χ3v) is 6.97. The highest BCUT2D eigenvalue weighted by atomic mass is 32.2. The van der Waals surface area contributed by atoms with Crippen molar-refractivity contribution in [3.63, 3.8) is 0 Å². The largest absolute Gasteiger partial charge is 0.463 e. The molecule has 0 bridgehead atoms. The summed E-state index contributed by atoms with van der Waals surface area (Å²) in [5.74, 6) is 0.859. The number of sulfonamides is 1. The average Bonchev–Trinajstić information content (AvgIpc) is 3.36. The Balaban J connectivity index is 1.55. The van der Waals surface area contributed by atoms with E-state index in [1.54, 1.807) is 30.5 Å². The van der Waals surface area contributed by atoms with Gasteiger partial charge in [-0.05, 0) is 40.6 Å². The minimum atomic E-state index is -3.66. The van der Waals surface area contributed by atoms with Gasteiger partial charge in [-0.25, -0.2) is 8.42 Å². The smallest absolute Gasteiger partial charge is 0.241 e. The van der Waals surface area contributed by atoms with Gasteiger partial charge in [0.15, 0.2) is 5.76 Å². The van der Waals surface area contributed by atoms with Gasteiger partial charge in [0.2, 0.25) is 10.0 Å². The van der Waals surface area contributed by atoms with Crippen LogP contribution >= 0.6 is 0 Å². The fraction of sp³-hybridized carbons (Fsp3) is 0.130. The Bertz CT molecular complexity index is 1250. The lowest BCUT2D eigenvalue weighted by molar-refractivity contribution is -0.715. The molecule has 1 aromatic heterocycles. The molecule has 1 heterocycles. The van der Waals surface area contributed by atoms with Crippen LogP contribution in [0.25, 0.3) is 10.8 Å². The molecule has 5 rings (SSSR count). The Hall–Kier alpha value is -2.93. The van der Waals surface area contributed by atoms with Crippen LogP contribution in [0.2, 0.25) is 0 Å². The maximum absolute atomic E-state index is 13.1. The Morgan fingerprint density at radius 2 is 1.62 bits per heavy atom. The van der Waals surface area contributed by atoms with E-state index in [0.29, 0.717) is 6.54 Å². The van der Waals surface area contributed by atoms with Crippen molar-refractivity contribution in [2.45, 2.75) is 23.5 Å². The zero-order valence-corrected chi connectivity index (χ0v) is 16.5. The number of hydrogen-bond donors (Lipinski definition) is 2. The predicted molar refractivity (Wildman–Crippen MR) is 111 cm³/mol. The third kappa shape index (κ3) is 3.25. The highest BCUT2D eigenvalue weighted by Crippen LogP contribution is 2.42. The molecule has 6 heteroatoms. The first-order valence-electron chi connectivity index (χ1n) is 9.58. The Morgan fingerprint density at radius 3 is 2.34 bits per heavy atom. The maximum Gasteiger partial charge on any atom is 0.241 e. The second-order valence-corrected chi connectivity index (χ2v) is 8.96. The summed E-state index contributed by atoms with van der Waals surface area (Å²) < 4.78 is 34.6. The van der Waals surface area contributed by atoms with Crippen molar-refractivity contribution >= 4 is 20.8 Å². The van der Waals surface area contributed by atoms with Crippen LogP contribution in [0.15, 0.2) is 94.4 Å². The molecule has 4 aromatic rings. The van der Waals surface area contributed by atoms with Crippen molar-refractivity contribution in [1.29, 1.82) is 0 Å². The van der Waals surface area contributed by atoms with Crippen LogP contribution in [-0.4, -0.2) is 8.42 Å². The second-order valence-electron chi connectivity index (χ2n) is 7.25. The van der Waals surface area contributed by atoms with Crippen LogP contribution in [0.3, 0.4) is 0 Å². The molecule has 146 valence electrons. The molecular formula is C23H21N2O3S+. The van der Waals surface area contributed by atoms with E-state index in [1.165, 1.54) is 0 Å². The predicted octanol–water partition coefficient (Wildman–Crippen LogP) is 3.27. The van der Waals surface area contributed by atoms with E-state index in [0.717, 1.165) is 27.7 Å². The monoisotopic (exact) mass is 405 g/mol. The van der Waals surface area contributed by atoms with E-state index in [2.05, 4.69) is 28.2 Å². The van der Waals surface area contributed by atoms with Crippen LogP contribution in [-0.2, 0) is 16.6 Å². The first kappa shape index (κ1) is 18.1. The summed E-state index contributed by atoms with van der Waals surface area (Å²) in [5.41, 5.74) is 2.16. The molecule has 0 saturated carbocycles. The highest BCUT2D eigenvalue weighted by Gasteiger charge is 2.39. The zero-order chi connectivity index (χ0) is 19.8. The van der Waals surface area contributed by atoms with Gasteiger partial charge >= 0.3 is 0 Å². The second kappa shape index (κ2) is 7.15. The fourth-order valence-corrected chi connectivity index (χ4v) is 5.48. The van der Waals surface area contributed by atoms with Gasteiger partial charge in [0.25, 0.3) is 0 Å². The zero-order valence-electron chi connectivity index (χ0n) is 15.7. The third-order valence-electron chi connectivity index (χ3n) is 5.51. The normalized spacial score (nSPS) is 18.3. The lowest BCUT2D eigenvalue weighted by Crippen LogP contribution is -2.85. The lowest BCUT2D eigenvalue weighted by atomic mass is 10.0. The van der Waals surface area contributed by atoms with Gasteiger partial charge in [0.1, 0.15) is 18.6 Å². The van der Waals surface area contributed by atoms with E-state index in [4.69, 9.17) is 4.42 Å². The van der Waals surface area contributed by atoms with Crippen LogP contribution in [0.1, 0.15) is 29.0 Å². The topological polar surface area (TPSA) is 75.9 Å². The summed E-state index contributed by atoms with van der Waals surface area (Å²) in [5, 5.41) is 4.40. The van der Waals surface area contributed by atoms with Crippen LogP contribution in [0.4, 0.5) is 0 Å². The van der Waals surface area contributed by atoms with Gasteiger partial charge in [-0.15, -0.1) is 0 Å². The lowest BCUT2D eigenvalue weighted by Gasteiger charge is -2.21. The molecule has 0 amide bonds. The minimum Gasteiger partial charge on any atom is -0.463 e. The SMILES string of the molecule is O=S(=O)(N[C@H]1c2cccc3cccc(c23)[C@@H]1[NH2+]Cc1ccco1)c1ccccc1. The summed E-state index contributed by atoms with van der Waals surface area (Å²) in [4.78, 5) is 0.271. The number of nitrogens with two attached hydrogens (primary N) is 1. The molecule has 3 aromatic carbocycles. The van der Waals surface area contributed by atoms with E-state index < -0.39 is 10.0 Å². The number of nitrogens with one attached hydrogen (secondary N) is 1. The molecule has 29 heavy (non-hydrogen) atoms. The standard InChI is InChI=1S/C23H20N2O3S/c26-29(27,18-10-2-1-3-11-18)25-23-20-13-5-8-16-7-4-12-19(21(16)20)22(23)24-15-17-9-6-14-28-17/h1-14,22-25H,15H2/p+1/t22-,23-/m0/s1. The molecule has 0 fully saturated rings. The molecule has 1 aliphatic carbocycles. The van der Waals surface area contributed by atoms with Crippen molar-refractivity contribution in [3.05, 3.63) is 102 Å². The number of benzene rings is 3. The van der Waals surface area contributed by atoms with Gasteiger partial charge in [-0.3, -0.25) is 0 Å². The summed E-state index contributed by atoms with van der Waals surface area (Å²) in [7, 11) is -3.66. The number of quaternary nitrogens is 1. The molecular weight excluding hydrogens is 384 g/mol. The van der Waals surface area contributed by atoms with Crippen molar-refractivity contribution in [3.8, 4) is 0 Å². The van der Waals surface area contributed by atoms with Gasteiger partial charge in [0.05, 0.1) is 11.2 Å². The summed E-state index contributed by atoms with van der Waals surface area (Å²) in [6.45, 7) is 0.631. The maximum atomic E-state index is 13.1. The quantitative estimate of drug-likeness (QED) is 0.517. The van der Waals surface area contributed by atoms with Crippen LogP contribution < -0.4 is 10.0 Å². The molecule has 0 unspecified atom stereocenters. The van der Waals surface area contributed by atoms with Crippen molar-refractivity contribution in [2.24, 2.45) is 0 Å². The van der Waals surface area contributed by atoms with E-state index in [-0.39, 0.29) is 17.0 Å². The first-order chi connectivity index (χ1) is 14.1. The van der Waals surface area contributed by atoms with E-state index >= 15 is 0 Å². The number of rotatable bonds is 6. The Kier molecular flexibility index (Phi) is 4.47. The molecule has 3 N–H and O–H groups in total. The van der Waals surface area contributed by atoms with Gasteiger partial charge in [-0.2, -0.15) is 4.72 Å². The van der Waals surface area contributed by atoms with Gasteiger partial charge < -0.3 is 9.73 Å². The van der Waals surface area contributed by atoms with Gasteiger partial charge in [-0.1, -0.05) is 54.6 Å². The van der Waals surface area contributed by atoms with Gasteiger partial charge in [0, 0.05) is 5.56 Å². The first-order valence-corrected chi connectivity index (χ1v) is 11.1. The molecule has 5 nitrogen and oxygen atoms in total. The molecule has 2 atom stereocenters. The Morgan fingerprint density at radius 1 is 0.862 bits per heavy atom. The fourth-order valence-electron chi connectivity index (χ4n) is 4.22. The van der Waals surface area contributed by atoms with Crippen molar-refractivity contribution in [2.75, 3.05) is 0 Å². The van der Waals surface area contributed by atoms with Crippen molar-refractivity contribution < 1.29 is 18.2 Å². The summed E-state index contributed by atoms with van der Waals surface area (Å²) in [6.07, 6.45) is 1.66. The molecule has 0 radical (unpaired) electrons. The molecule has 1 aliphatic rings. The number of furan rings is 1. The Labute approximate surface area is 169 Å². The minimum absolute atomic E-state index is 0.0836. The average molecular weight is 405 g/mol. The van der Waals surface area contributed by atoms with E-state index in [1.807, 2.05) is 36.4 Å². The van der Waals surface area contributed by atoms with E-state index in [9.17, 15) is 8.42 Å². The molecule has 0 aliphatic heterocycles. The summed E-state index contributed by atoms with van der Waals surface area (Å²) >= 11 is 0. The molecule has 0 spiro atoms. The summed E-state index contributed by atoms with van der Waals surface area (Å²) in [6, 6.07) is 24.1. The van der Waals surface area contributed by atoms with Crippen LogP contribution in [0.5, 0.6) is 0 Å². The van der Waals surface area contributed by atoms with Crippen LogP contribution in [0, 0.1) is 0 Å². The highest BCUT2D eigenvalue weighted by molar-refractivity contribution is 7.89. The number of hydrogen-bond acceptors (Lipinski definition) is 3. The molecule has 0 saturated heterocycles.